The fraction of sp³-hybridized carbons (Fsp3) is 0.562. The van der Waals surface area contributed by atoms with Gasteiger partial charge >= 0.3 is 0 Å². The van der Waals surface area contributed by atoms with Gasteiger partial charge in [0.25, 0.3) is 0 Å². The molecule has 1 aliphatic rings. The summed E-state index contributed by atoms with van der Waals surface area (Å²) in [4.78, 5) is 13.9. The van der Waals surface area contributed by atoms with Crippen LogP contribution in [0.4, 0.5) is 0 Å². The number of hydrogen-bond donors (Lipinski definition) is 2. The number of aliphatic hydroxyl groups is 1. The molecule has 1 saturated heterocycles. The standard InChI is InChI=1S/C16H21NO3S/c18-9-3-1-6-14-7-8-15(21-14)12-17-16(19)11-13-5-2-4-10-20-13/h7-8,13,18H,2-5,9-12H2,(H,17,19). The van der Waals surface area contributed by atoms with Crippen molar-refractivity contribution in [2.75, 3.05) is 13.2 Å². The lowest BCUT2D eigenvalue weighted by Gasteiger charge is -2.21. The van der Waals surface area contributed by atoms with E-state index in [4.69, 9.17) is 9.84 Å². The molecule has 2 heterocycles. The molecule has 1 amide bonds. The highest BCUT2D eigenvalue weighted by atomic mass is 32.1. The molecule has 0 radical (unpaired) electrons. The van der Waals surface area contributed by atoms with Gasteiger partial charge in [0.05, 0.1) is 30.6 Å². The van der Waals surface area contributed by atoms with Crippen molar-refractivity contribution < 1.29 is 14.6 Å². The molecule has 1 aromatic heterocycles. The van der Waals surface area contributed by atoms with E-state index in [1.807, 2.05) is 12.1 Å². The molecule has 1 aromatic rings. The van der Waals surface area contributed by atoms with Gasteiger partial charge in [0.2, 0.25) is 5.91 Å². The Labute approximate surface area is 129 Å². The molecule has 0 saturated carbocycles. The van der Waals surface area contributed by atoms with Crippen LogP contribution in [0.5, 0.6) is 0 Å². The summed E-state index contributed by atoms with van der Waals surface area (Å²) < 4.78 is 5.56. The van der Waals surface area contributed by atoms with Crippen molar-refractivity contribution >= 4 is 17.2 Å². The first-order valence-corrected chi connectivity index (χ1v) is 8.16. The van der Waals surface area contributed by atoms with E-state index >= 15 is 0 Å². The monoisotopic (exact) mass is 307 g/mol. The van der Waals surface area contributed by atoms with Gasteiger partial charge in [-0.15, -0.1) is 11.3 Å². The molecule has 1 fully saturated rings. The van der Waals surface area contributed by atoms with E-state index < -0.39 is 0 Å². The van der Waals surface area contributed by atoms with E-state index in [2.05, 4.69) is 17.2 Å². The summed E-state index contributed by atoms with van der Waals surface area (Å²) in [5, 5.41) is 11.6. The summed E-state index contributed by atoms with van der Waals surface area (Å²) in [7, 11) is 0. The van der Waals surface area contributed by atoms with Crippen LogP contribution in [0.15, 0.2) is 12.1 Å². The summed E-state index contributed by atoms with van der Waals surface area (Å²) >= 11 is 1.57. The minimum atomic E-state index is 0.0446. The van der Waals surface area contributed by atoms with Crippen LogP contribution >= 0.6 is 11.3 Å². The summed E-state index contributed by atoms with van der Waals surface area (Å²) in [6, 6.07) is 3.92. The number of amides is 1. The molecule has 4 nitrogen and oxygen atoms in total. The molecule has 2 rings (SSSR count). The third-order valence-electron chi connectivity index (χ3n) is 3.26. The van der Waals surface area contributed by atoms with Crippen LogP contribution in [0.2, 0.25) is 0 Å². The van der Waals surface area contributed by atoms with Crippen molar-refractivity contribution in [2.24, 2.45) is 0 Å². The van der Waals surface area contributed by atoms with E-state index in [0.717, 1.165) is 35.6 Å². The zero-order chi connectivity index (χ0) is 14.9. The lowest BCUT2D eigenvalue weighted by atomic mass is 10.1. The first-order valence-electron chi connectivity index (χ1n) is 7.34. The van der Waals surface area contributed by atoms with Gasteiger partial charge in [-0.1, -0.05) is 11.8 Å². The number of carbonyl (C=O) groups is 1. The summed E-state index contributed by atoms with van der Waals surface area (Å²) in [5.41, 5.74) is 0. The molecule has 0 aromatic carbocycles. The Balaban J connectivity index is 1.72. The Morgan fingerprint density at radius 2 is 2.38 bits per heavy atom. The quantitative estimate of drug-likeness (QED) is 0.819. The average Bonchev–Trinajstić information content (AvgIpc) is 2.94. The molecule has 1 atom stereocenters. The highest BCUT2D eigenvalue weighted by molar-refractivity contribution is 7.12. The second kappa shape index (κ2) is 8.83. The zero-order valence-corrected chi connectivity index (χ0v) is 12.9. The number of aliphatic hydroxyl groups excluding tert-OH is 1. The van der Waals surface area contributed by atoms with Gasteiger partial charge in [0.15, 0.2) is 0 Å². The van der Waals surface area contributed by atoms with Crippen LogP contribution in [0.25, 0.3) is 0 Å². The van der Waals surface area contributed by atoms with Crippen molar-refractivity contribution in [1.82, 2.24) is 5.32 Å². The fourth-order valence-corrected chi connectivity index (χ4v) is 3.00. The molecule has 21 heavy (non-hydrogen) atoms. The molecular weight excluding hydrogens is 286 g/mol. The van der Waals surface area contributed by atoms with Gasteiger partial charge in [-0.25, -0.2) is 0 Å². The van der Waals surface area contributed by atoms with Crippen molar-refractivity contribution in [1.29, 1.82) is 0 Å². The smallest absolute Gasteiger partial charge is 0.222 e. The number of hydrogen-bond acceptors (Lipinski definition) is 4. The second-order valence-electron chi connectivity index (χ2n) is 5.01. The van der Waals surface area contributed by atoms with Crippen molar-refractivity contribution in [3.8, 4) is 11.8 Å². The van der Waals surface area contributed by atoms with E-state index in [1.54, 1.807) is 11.3 Å². The maximum atomic E-state index is 11.9. The van der Waals surface area contributed by atoms with Gasteiger partial charge in [-0.2, -0.15) is 0 Å². The number of rotatable bonds is 5. The van der Waals surface area contributed by atoms with Gasteiger partial charge in [-0.05, 0) is 31.4 Å². The topological polar surface area (TPSA) is 58.6 Å². The zero-order valence-electron chi connectivity index (χ0n) is 12.1. The Kier molecular flexibility index (Phi) is 6.74. The molecule has 1 aliphatic heterocycles. The average molecular weight is 307 g/mol. The lowest BCUT2D eigenvalue weighted by Crippen LogP contribution is -2.29. The predicted molar refractivity (Wildman–Crippen MR) is 83.0 cm³/mol. The summed E-state index contributed by atoms with van der Waals surface area (Å²) in [6.07, 6.45) is 4.27. The minimum absolute atomic E-state index is 0.0446. The van der Waals surface area contributed by atoms with Crippen molar-refractivity contribution in [3.63, 3.8) is 0 Å². The van der Waals surface area contributed by atoms with Gasteiger partial charge < -0.3 is 15.2 Å². The fourth-order valence-electron chi connectivity index (χ4n) is 2.18. The van der Waals surface area contributed by atoms with Gasteiger partial charge in [0.1, 0.15) is 0 Å². The van der Waals surface area contributed by atoms with Crippen molar-refractivity contribution in [3.05, 3.63) is 21.9 Å². The molecule has 2 N–H and O–H groups in total. The largest absolute Gasteiger partial charge is 0.395 e. The Hall–Kier alpha value is -1.35. The summed E-state index contributed by atoms with van der Waals surface area (Å²) in [6.45, 7) is 1.40. The SMILES string of the molecule is O=C(CC1CCCCO1)NCc1ccc(C#CCCO)s1. The molecule has 1 unspecified atom stereocenters. The molecule has 5 heteroatoms. The lowest BCUT2D eigenvalue weighted by molar-refractivity contribution is -0.125. The number of carbonyl (C=O) groups excluding carboxylic acids is 1. The molecule has 0 aliphatic carbocycles. The first-order chi connectivity index (χ1) is 10.3. The number of nitrogens with one attached hydrogen (secondary N) is 1. The van der Waals surface area contributed by atoms with Crippen molar-refractivity contribution in [2.45, 2.75) is 44.8 Å². The van der Waals surface area contributed by atoms with Crippen LogP contribution in [0, 0.1) is 11.8 Å². The van der Waals surface area contributed by atoms with E-state index in [0.29, 0.717) is 19.4 Å². The maximum absolute atomic E-state index is 11.9. The van der Waals surface area contributed by atoms with Crippen LogP contribution in [-0.4, -0.2) is 30.3 Å². The van der Waals surface area contributed by atoms with Crippen LogP contribution in [0.3, 0.4) is 0 Å². The predicted octanol–water partition coefficient (Wildman–Crippen LogP) is 2.06. The highest BCUT2D eigenvalue weighted by Gasteiger charge is 2.17. The van der Waals surface area contributed by atoms with Gasteiger partial charge in [0, 0.05) is 17.9 Å². The normalized spacial score (nSPS) is 17.9. The first kappa shape index (κ1) is 16.0. The molecular formula is C16H21NO3S. The minimum Gasteiger partial charge on any atom is -0.395 e. The van der Waals surface area contributed by atoms with Crippen LogP contribution in [-0.2, 0) is 16.1 Å². The van der Waals surface area contributed by atoms with E-state index in [9.17, 15) is 4.79 Å². The highest BCUT2D eigenvalue weighted by Crippen LogP contribution is 2.17. The third kappa shape index (κ3) is 5.88. The second-order valence-corrected chi connectivity index (χ2v) is 6.18. The van der Waals surface area contributed by atoms with Crippen LogP contribution in [0.1, 0.15) is 41.9 Å². The molecule has 0 spiro atoms. The molecule has 114 valence electrons. The van der Waals surface area contributed by atoms with E-state index in [1.165, 1.54) is 0 Å². The van der Waals surface area contributed by atoms with E-state index in [-0.39, 0.29) is 18.6 Å². The Morgan fingerprint density at radius 1 is 1.48 bits per heavy atom. The summed E-state index contributed by atoms with van der Waals surface area (Å²) in [5.74, 6) is 5.93. The maximum Gasteiger partial charge on any atom is 0.222 e. The molecule has 0 bridgehead atoms. The Bertz CT molecular complexity index is 509. The number of thiophene rings is 1. The number of ether oxygens (including phenoxy) is 1. The Morgan fingerprint density at radius 3 is 3.14 bits per heavy atom. The van der Waals surface area contributed by atoms with Gasteiger partial charge in [-0.3, -0.25) is 4.79 Å². The van der Waals surface area contributed by atoms with Crippen LogP contribution < -0.4 is 5.32 Å². The third-order valence-corrected chi connectivity index (χ3v) is 4.26.